The topological polar surface area (TPSA) is 78.5 Å². The normalized spacial score (nSPS) is 17.5. The van der Waals surface area contributed by atoms with Crippen LogP contribution < -0.4 is 10.6 Å². The van der Waals surface area contributed by atoms with Crippen LogP contribution in [0.15, 0.2) is 16.3 Å². The Morgan fingerprint density at radius 3 is 2.68 bits per heavy atom. The quantitative estimate of drug-likeness (QED) is 0.653. The Morgan fingerprint density at radius 1 is 1.36 bits per heavy atom. The van der Waals surface area contributed by atoms with Gasteiger partial charge in [-0.2, -0.15) is 4.31 Å². The largest absolute Gasteiger partial charge is 0.356 e. The molecule has 1 saturated heterocycles. The molecule has 1 unspecified atom stereocenters. The summed E-state index contributed by atoms with van der Waals surface area (Å²) >= 11 is 1.29. The van der Waals surface area contributed by atoms with Gasteiger partial charge in [0, 0.05) is 37.0 Å². The molecule has 2 rings (SSSR count). The minimum Gasteiger partial charge on any atom is -0.356 e. The van der Waals surface area contributed by atoms with E-state index in [9.17, 15) is 13.2 Å². The van der Waals surface area contributed by atoms with Gasteiger partial charge >= 0.3 is 0 Å². The summed E-state index contributed by atoms with van der Waals surface area (Å²) in [6, 6.07) is 3.81. The van der Waals surface area contributed by atoms with Crippen molar-refractivity contribution in [3.05, 3.63) is 17.0 Å². The molecule has 2 N–H and O–H groups in total. The molecule has 1 atom stereocenters. The SMILES string of the molecule is CCN(CC)S(=O)(=O)c1ccc(CCNC(=O)CC2CCCN2)s1.Cl. The first kappa shape index (κ1) is 22.4. The van der Waals surface area contributed by atoms with Crippen molar-refractivity contribution in [2.75, 3.05) is 26.2 Å². The molecule has 1 aromatic heterocycles. The minimum atomic E-state index is -3.38. The van der Waals surface area contributed by atoms with E-state index in [1.165, 1.54) is 15.6 Å². The summed E-state index contributed by atoms with van der Waals surface area (Å²) in [6.07, 6.45) is 3.37. The fraction of sp³-hybridized carbons (Fsp3) is 0.688. The number of amides is 1. The first-order valence-corrected chi connectivity index (χ1v) is 10.8. The van der Waals surface area contributed by atoms with Crippen molar-refractivity contribution in [1.82, 2.24) is 14.9 Å². The van der Waals surface area contributed by atoms with Crippen LogP contribution >= 0.6 is 23.7 Å². The molecule has 25 heavy (non-hydrogen) atoms. The maximum atomic E-state index is 12.4. The molecule has 0 aliphatic carbocycles. The summed E-state index contributed by atoms with van der Waals surface area (Å²) in [5.41, 5.74) is 0. The summed E-state index contributed by atoms with van der Waals surface area (Å²) in [7, 11) is -3.38. The number of halogens is 1. The van der Waals surface area contributed by atoms with Gasteiger partial charge in [0.05, 0.1) is 0 Å². The first-order valence-electron chi connectivity index (χ1n) is 8.56. The second-order valence-corrected chi connectivity index (χ2v) is 9.24. The molecule has 1 aromatic rings. The lowest BCUT2D eigenvalue weighted by molar-refractivity contribution is -0.121. The lowest BCUT2D eigenvalue weighted by atomic mass is 10.1. The highest BCUT2D eigenvalue weighted by molar-refractivity contribution is 7.91. The van der Waals surface area contributed by atoms with Gasteiger partial charge in [-0.1, -0.05) is 13.8 Å². The average molecular weight is 410 g/mol. The van der Waals surface area contributed by atoms with E-state index in [-0.39, 0.29) is 18.3 Å². The molecule has 1 amide bonds. The number of carbonyl (C=O) groups excluding carboxylic acids is 1. The zero-order chi connectivity index (χ0) is 17.6. The van der Waals surface area contributed by atoms with E-state index in [0.717, 1.165) is 24.3 Å². The van der Waals surface area contributed by atoms with Crippen molar-refractivity contribution in [2.45, 2.75) is 49.8 Å². The molecule has 1 fully saturated rings. The van der Waals surface area contributed by atoms with Gasteiger partial charge in [-0.15, -0.1) is 23.7 Å². The molecule has 0 aromatic carbocycles. The van der Waals surface area contributed by atoms with Crippen LogP contribution in [0, 0.1) is 0 Å². The molecule has 9 heteroatoms. The fourth-order valence-corrected chi connectivity index (χ4v) is 5.84. The van der Waals surface area contributed by atoms with Crippen molar-refractivity contribution >= 4 is 39.7 Å². The number of nitrogens with zero attached hydrogens (tertiary/aromatic N) is 1. The Hall–Kier alpha value is -0.670. The number of sulfonamides is 1. The summed E-state index contributed by atoms with van der Waals surface area (Å²) in [5, 5.41) is 6.23. The van der Waals surface area contributed by atoms with E-state index in [2.05, 4.69) is 10.6 Å². The second-order valence-electron chi connectivity index (χ2n) is 5.91. The third-order valence-corrected chi connectivity index (χ3v) is 7.89. The second kappa shape index (κ2) is 10.5. The van der Waals surface area contributed by atoms with Crippen molar-refractivity contribution in [3.63, 3.8) is 0 Å². The van der Waals surface area contributed by atoms with Crippen LogP contribution in [0.1, 0.15) is 38.0 Å². The van der Waals surface area contributed by atoms with Gasteiger partial charge in [-0.25, -0.2) is 8.42 Å². The van der Waals surface area contributed by atoms with Gasteiger partial charge in [-0.3, -0.25) is 4.79 Å². The molecule has 2 heterocycles. The lowest BCUT2D eigenvalue weighted by Gasteiger charge is -2.16. The van der Waals surface area contributed by atoms with Crippen molar-refractivity contribution in [1.29, 1.82) is 0 Å². The maximum Gasteiger partial charge on any atom is 0.252 e. The van der Waals surface area contributed by atoms with Gasteiger partial charge < -0.3 is 10.6 Å². The van der Waals surface area contributed by atoms with Gasteiger partial charge in [-0.05, 0) is 37.9 Å². The van der Waals surface area contributed by atoms with E-state index in [1.54, 1.807) is 6.07 Å². The molecule has 1 aliphatic heterocycles. The first-order chi connectivity index (χ1) is 11.5. The minimum absolute atomic E-state index is 0. The number of thiophene rings is 1. The Balaban J connectivity index is 0.00000312. The number of nitrogens with one attached hydrogen (secondary N) is 2. The van der Waals surface area contributed by atoms with Crippen LogP contribution in [0.25, 0.3) is 0 Å². The number of carbonyl (C=O) groups is 1. The maximum absolute atomic E-state index is 12.4. The molecule has 0 radical (unpaired) electrons. The fourth-order valence-electron chi connectivity index (χ4n) is 2.87. The van der Waals surface area contributed by atoms with Crippen molar-refractivity contribution in [3.8, 4) is 0 Å². The molecule has 6 nitrogen and oxygen atoms in total. The highest BCUT2D eigenvalue weighted by atomic mass is 35.5. The third-order valence-electron chi connectivity index (χ3n) is 4.22. The van der Waals surface area contributed by atoms with Crippen molar-refractivity contribution in [2.24, 2.45) is 0 Å². The van der Waals surface area contributed by atoms with E-state index >= 15 is 0 Å². The van der Waals surface area contributed by atoms with Crippen LogP contribution in [0.5, 0.6) is 0 Å². The van der Waals surface area contributed by atoms with E-state index in [4.69, 9.17) is 0 Å². The van der Waals surface area contributed by atoms with Crippen LogP contribution in [0.4, 0.5) is 0 Å². The number of hydrogen-bond donors (Lipinski definition) is 2. The van der Waals surface area contributed by atoms with E-state index in [1.807, 2.05) is 19.9 Å². The highest BCUT2D eigenvalue weighted by Gasteiger charge is 2.23. The molecule has 0 bridgehead atoms. The Labute approximate surface area is 160 Å². The van der Waals surface area contributed by atoms with Crippen LogP contribution in [0.2, 0.25) is 0 Å². The molecule has 144 valence electrons. The molecular formula is C16H28ClN3O3S2. The lowest BCUT2D eigenvalue weighted by Crippen LogP contribution is -2.32. The summed E-state index contributed by atoms with van der Waals surface area (Å²) < 4.78 is 26.7. The summed E-state index contributed by atoms with van der Waals surface area (Å²) in [6.45, 7) is 6.15. The van der Waals surface area contributed by atoms with E-state index in [0.29, 0.717) is 42.7 Å². The number of hydrogen-bond acceptors (Lipinski definition) is 5. The van der Waals surface area contributed by atoms with Crippen molar-refractivity contribution < 1.29 is 13.2 Å². The van der Waals surface area contributed by atoms with E-state index < -0.39 is 10.0 Å². The zero-order valence-corrected chi connectivity index (χ0v) is 17.2. The smallest absolute Gasteiger partial charge is 0.252 e. The predicted molar refractivity (Wildman–Crippen MR) is 104 cm³/mol. The summed E-state index contributed by atoms with van der Waals surface area (Å²) in [4.78, 5) is 12.8. The Kier molecular flexibility index (Phi) is 9.37. The van der Waals surface area contributed by atoms with Gasteiger partial charge in [0.25, 0.3) is 10.0 Å². The summed E-state index contributed by atoms with van der Waals surface area (Å²) in [5.74, 6) is 0.0574. The molecular weight excluding hydrogens is 382 g/mol. The third kappa shape index (κ3) is 6.21. The van der Waals surface area contributed by atoms with Gasteiger partial charge in [0.15, 0.2) is 0 Å². The monoisotopic (exact) mass is 409 g/mol. The van der Waals surface area contributed by atoms with Gasteiger partial charge in [0.2, 0.25) is 5.91 Å². The zero-order valence-electron chi connectivity index (χ0n) is 14.8. The van der Waals surface area contributed by atoms with Gasteiger partial charge in [0.1, 0.15) is 4.21 Å². The predicted octanol–water partition coefficient (Wildman–Crippen LogP) is 2.00. The Morgan fingerprint density at radius 2 is 2.08 bits per heavy atom. The van der Waals surface area contributed by atoms with Crippen LogP contribution in [0.3, 0.4) is 0 Å². The highest BCUT2D eigenvalue weighted by Crippen LogP contribution is 2.25. The Bertz CT molecular complexity index is 639. The molecule has 0 saturated carbocycles. The van der Waals surface area contributed by atoms with Crippen LogP contribution in [-0.4, -0.2) is 50.9 Å². The van der Waals surface area contributed by atoms with Crippen LogP contribution in [-0.2, 0) is 21.2 Å². The number of rotatable bonds is 9. The molecule has 1 aliphatic rings. The average Bonchev–Trinajstić information content (AvgIpc) is 3.20. The standard InChI is InChI=1S/C16H27N3O3S2.ClH/c1-3-19(4-2)24(21,22)16-8-7-14(23-16)9-11-18-15(20)12-13-6-5-10-17-13;/h7-8,13,17H,3-6,9-12H2,1-2H3,(H,18,20);1H. The molecule has 0 spiro atoms.